The number of amides is 2. The van der Waals surface area contributed by atoms with Crippen molar-refractivity contribution in [3.05, 3.63) is 11.6 Å². The lowest BCUT2D eigenvalue weighted by Gasteiger charge is -2.30. The molecule has 0 radical (unpaired) electrons. The van der Waals surface area contributed by atoms with E-state index in [1.165, 1.54) is 18.2 Å². The topological polar surface area (TPSA) is 66.5 Å². The fourth-order valence-corrected chi connectivity index (χ4v) is 2.02. The summed E-state index contributed by atoms with van der Waals surface area (Å²) in [5.41, 5.74) is 1.15. The van der Waals surface area contributed by atoms with Crippen LogP contribution >= 0.6 is 0 Å². The molecule has 1 unspecified atom stereocenters. The maximum atomic E-state index is 12.2. The predicted octanol–water partition coefficient (Wildman–Crippen LogP) is 4.36. The third-order valence-electron chi connectivity index (χ3n) is 3.45. The molecule has 0 saturated heterocycles. The molecule has 0 aliphatic carbocycles. The smallest absolute Gasteiger partial charge is 0.243 e. The van der Waals surface area contributed by atoms with Gasteiger partial charge in [0.25, 0.3) is 0 Å². The Labute approximate surface area is 161 Å². The second-order valence-electron chi connectivity index (χ2n) is 6.46. The highest BCUT2D eigenvalue weighted by Crippen LogP contribution is 2.13. The van der Waals surface area contributed by atoms with Gasteiger partial charge in [0.05, 0.1) is 6.54 Å². The molecule has 1 atom stereocenters. The molecule has 0 heterocycles. The first-order valence-electron chi connectivity index (χ1n) is 9.76. The van der Waals surface area contributed by atoms with Crippen LogP contribution in [0.15, 0.2) is 11.6 Å². The van der Waals surface area contributed by atoms with Gasteiger partial charge in [-0.2, -0.15) is 0 Å². The summed E-state index contributed by atoms with van der Waals surface area (Å²) in [7, 11) is 1.64. The molecule has 0 spiro atoms. The average molecular weight is 371 g/mol. The van der Waals surface area contributed by atoms with Gasteiger partial charge in [0.15, 0.2) is 0 Å². The van der Waals surface area contributed by atoms with Crippen molar-refractivity contribution in [1.29, 1.82) is 0 Å². The highest BCUT2D eigenvalue weighted by Gasteiger charge is 2.29. The molecule has 0 fully saturated rings. The Bertz CT molecular complexity index is 429. The Morgan fingerprint density at radius 1 is 1.04 bits per heavy atom. The number of nitrogens with zero attached hydrogens (tertiary/aromatic N) is 1. The van der Waals surface area contributed by atoms with Crippen LogP contribution in [0.2, 0.25) is 0 Å². The molecule has 26 heavy (non-hydrogen) atoms. The summed E-state index contributed by atoms with van der Waals surface area (Å²) in [5, 5.41) is 2.58. The zero-order valence-electron chi connectivity index (χ0n) is 18.7. The van der Waals surface area contributed by atoms with Crippen LogP contribution in [-0.2, 0) is 14.4 Å². The number of Topliss-reactive ketones (excluding diaryl/α,β-unsaturated/α-hetero) is 1. The van der Waals surface area contributed by atoms with Crippen LogP contribution in [0.5, 0.6) is 0 Å². The number of hydrogen-bond acceptors (Lipinski definition) is 3. The Kier molecular flexibility index (Phi) is 20.3. The van der Waals surface area contributed by atoms with Gasteiger partial charge in [-0.3, -0.25) is 14.4 Å². The molecule has 0 rings (SSSR count). The van der Waals surface area contributed by atoms with E-state index in [-0.39, 0.29) is 30.1 Å². The zero-order chi connectivity index (χ0) is 21.3. The average Bonchev–Trinajstić information content (AvgIpc) is 2.59. The molecule has 0 saturated carbocycles. The van der Waals surface area contributed by atoms with Gasteiger partial charge in [-0.05, 0) is 33.1 Å². The van der Waals surface area contributed by atoms with Crippen molar-refractivity contribution in [2.24, 2.45) is 5.92 Å². The number of hydrogen-bond donors (Lipinski definition) is 1. The molecule has 0 aromatic heterocycles. The van der Waals surface area contributed by atoms with Crippen molar-refractivity contribution in [3.8, 4) is 0 Å². The number of allylic oxidation sites excluding steroid dienone is 2. The summed E-state index contributed by atoms with van der Waals surface area (Å²) in [4.78, 5) is 36.8. The Morgan fingerprint density at radius 3 is 1.85 bits per heavy atom. The fourth-order valence-electron chi connectivity index (χ4n) is 2.02. The lowest BCUT2D eigenvalue weighted by molar-refractivity contribution is -0.140. The molecule has 0 aromatic carbocycles. The number of likely N-dealkylation sites (N-methyl/N-ethyl adjacent to an activating group) is 1. The maximum Gasteiger partial charge on any atom is 0.243 e. The second kappa shape index (κ2) is 18.2. The maximum absolute atomic E-state index is 12.2. The monoisotopic (exact) mass is 370 g/mol. The molecular weight excluding hydrogens is 328 g/mol. The zero-order valence-corrected chi connectivity index (χ0v) is 18.7. The first-order valence-corrected chi connectivity index (χ1v) is 9.76. The van der Waals surface area contributed by atoms with Crippen molar-refractivity contribution in [2.75, 3.05) is 13.6 Å². The van der Waals surface area contributed by atoms with Crippen LogP contribution in [0.3, 0.4) is 0 Å². The molecule has 0 aromatic rings. The van der Waals surface area contributed by atoms with Gasteiger partial charge in [-0.15, -0.1) is 0 Å². The van der Waals surface area contributed by atoms with Crippen molar-refractivity contribution >= 4 is 17.6 Å². The number of carbonyl (C=O) groups excluding carboxylic acids is 3. The number of ketones is 1. The van der Waals surface area contributed by atoms with Crippen LogP contribution in [0.4, 0.5) is 0 Å². The minimum absolute atomic E-state index is 0.00175. The van der Waals surface area contributed by atoms with Gasteiger partial charge in [-0.25, -0.2) is 0 Å². The van der Waals surface area contributed by atoms with Gasteiger partial charge in [0.1, 0.15) is 11.8 Å². The van der Waals surface area contributed by atoms with E-state index in [1.54, 1.807) is 7.05 Å². The van der Waals surface area contributed by atoms with Crippen molar-refractivity contribution in [2.45, 2.75) is 87.6 Å². The number of carbonyl (C=O) groups is 3. The number of nitrogens with one attached hydrogen (secondary N) is 1. The van der Waals surface area contributed by atoms with Crippen LogP contribution < -0.4 is 5.32 Å². The van der Waals surface area contributed by atoms with Gasteiger partial charge in [0, 0.05) is 13.5 Å². The van der Waals surface area contributed by atoms with E-state index in [0.717, 1.165) is 5.57 Å². The first-order chi connectivity index (χ1) is 12.1. The van der Waals surface area contributed by atoms with Gasteiger partial charge >= 0.3 is 0 Å². The molecule has 154 valence electrons. The lowest BCUT2D eigenvalue weighted by Crippen LogP contribution is -2.51. The normalized spacial score (nSPS) is 11.4. The van der Waals surface area contributed by atoms with Crippen LogP contribution in [0.1, 0.15) is 81.6 Å². The van der Waals surface area contributed by atoms with E-state index in [0.29, 0.717) is 12.8 Å². The molecular formula is C21H42N2O3. The first kappa shape index (κ1) is 29.1. The van der Waals surface area contributed by atoms with Crippen LogP contribution in [0.25, 0.3) is 0 Å². The molecule has 0 bridgehead atoms. The molecule has 0 aliphatic heterocycles. The van der Waals surface area contributed by atoms with Crippen molar-refractivity contribution < 1.29 is 14.4 Å². The summed E-state index contributed by atoms with van der Waals surface area (Å²) >= 11 is 0. The molecule has 0 aliphatic rings. The molecule has 5 nitrogen and oxygen atoms in total. The molecule has 5 heteroatoms. The van der Waals surface area contributed by atoms with E-state index in [4.69, 9.17) is 0 Å². The van der Waals surface area contributed by atoms with E-state index in [9.17, 15) is 14.4 Å². The van der Waals surface area contributed by atoms with E-state index < -0.39 is 6.04 Å². The van der Waals surface area contributed by atoms with Crippen molar-refractivity contribution in [3.63, 3.8) is 0 Å². The van der Waals surface area contributed by atoms with Gasteiger partial charge in [-0.1, -0.05) is 59.6 Å². The standard InChI is InChI=1S/C16H28N2O3.C3H8.C2H6/c1-7-12(4)8-9-14(20)18(6)15(11(2)3)16(21)17-10-13(5)19;1-3-2;1-2/h7,11,15H,8-10H2,1-6H3,(H,17,21);3H2,1-2H3;1-2H3. The summed E-state index contributed by atoms with van der Waals surface area (Å²) < 4.78 is 0. The van der Waals surface area contributed by atoms with Gasteiger partial charge < -0.3 is 10.2 Å². The molecule has 2 amide bonds. The lowest BCUT2D eigenvalue weighted by atomic mass is 10.0. The Morgan fingerprint density at radius 2 is 1.50 bits per heavy atom. The van der Waals surface area contributed by atoms with E-state index in [1.807, 2.05) is 47.6 Å². The van der Waals surface area contributed by atoms with Crippen molar-refractivity contribution in [1.82, 2.24) is 10.2 Å². The summed E-state index contributed by atoms with van der Waals surface area (Å²) in [6.07, 6.45) is 4.31. The van der Waals surface area contributed by atoms with E-state index >= 15 is 0 Å². The summed E-state index contributed by atoms with van der Waals surface area (Å²) in [6.45, 7) is 17.4. The minimum atomic E-state index is -0.553. The third-order valence-corrected chi connectivity index (χ3v) is 3.45. The SMILES string of the molecule is CC.CC=C(C)CCC(=O)N(C)C(C(=O)NCC(C)=O)C(C)C.CCC. The largest absolute Gasteiger partial charge is 0.347 e. The Balaban J connectivity index is -0.000000950. The highest BCUT2D eigenvalue weighted by molar-refractivity contribution is 5.90. The predicted molar refractivity (Wildman–Crippen MR) is 111 cm³/mol. The van der Waals surface area contributed by atoms with E-state index in [2.05, 4.69) is 19.2 Å². The molecule has 1 N–H and O–H groups in total. The quantitative estimate of drug-likeness (QED) is 0.645. The van der Waals surface area contributed by atoms with Gasteiger partial charge in [0.2, 0.25) is 11.8 Å². The highest BCUT2D eigenvalue weighted by atomic mass is 16.2. The Hall–Kier alpha value is -1.65. The summed E-state index contributed by atoms with van der Waals surface area (Å²) in [6, 6.07) is -0.553. The van der Waals surface area contributed by atoms with Crippen LogP contribution in [0, 0.1) is 5.92 Å². The fraction of sp³-hybridized carbons (Fsp3) is 0.762. The number of rotatable bonds is 8. The third kappa shape index (κ3) is 14.7. The summed E-state index contributed by atoms with van der Waals surface area (Å²) in [5.74, 6) is -0.469. The second-order valence-corrected chi connectivity index (χ2v) is 6.46. The minimum Gasteiger partial charge on any atom is -0.347 e. The van der Waals surface area contributed by atoms with Crippen LogP contribution in [-0.4, -0.2) is 42.1 Å².